The summed E-state index contributed by atoms with van der Waals surface area (Å²) in [5.41, 5.74) is 1.07. The molecule has 0 saturated heterocycles. The molecule has 140 valence electrons. The summed E-state index contributed by atoms with van der Waals surface area (Å²) < 4.78 is 2.58. The van der Waals surface area contributed by atoms with Crippen LogP contribution < -0.4 is 5.56 Å². The predicted octanol–water partition coefficient (Wildman–Crippen LogP) is 5.44. The third-order valence-corrected chi connectivity index (χ3v) is 5.67. The fraction of sp³-hybridized carbons (Fsp3) is 0.250. The zero-order valence-electron chi connectivity index (χ0n) is 14.9. The lowest BCUT2D eigenvalue weighted by molar-refractivity contribution is 0.102. The van der Waals surface area contributed by atoms with Gasteiger partial charge in [-0.2, -0.15) is 0 Å². The summed E-state index contributed by atoms with van der Waals surface area (Å²) in [6.45, 7) is 4.62. The zero-order valence-corrected chi connectivity index (χ0v) is 18.1. The molecule has 1 heterocycles. The summed E-state index contributed by atoms with van der Waals surface area (Å²) in [6, 6.07) is 12.3. The van der Waals surface area contributed by atoms with Crippen LogP contribution in [0.5, 0.6) is 0 Å². The van der Waals surface area contributed by atoms with Crippen LogP contribution in [0.4, 0.5) is 0 Å². The summed E-state index contributed by atoms with van der Waals surface area (Å²) in [5, 5.41) is 1.59. The Labute approximate surface area is 175 Å². The Morgan fingerprint density at radius 1 is 1.22 bits per heavy atom. The van der Waals surface area contributed by atoms with Gasteiger partial charge < -0.3 is 0 Å². The van der Waals surface area contributed by atoms with E-state index in [0.717, 1.165) is 4.47 Å². The fourth-order valence-corrected chi connectivity index (χ4v) is 3.99. The molecule has 0 radical (unpaired) electrons. The molecule has 27 heavy (non-hydrogen) atoms. The molecule has 0 atom stereocenters. The number of hydrogen-bond acceptors (Lipinski definition) is 4. The lowest BCUT2D eigenvalue weighted by Gasteiger charge is -2.15. The molecule has 0 fully saturated rings. The van der Waals surface area contributed by atoms with E-state index in [-0.39, 0.29) is 23.0 Å². The quantitative estimate of drug-likeness (QED) is 0.276. The SMILES string of the molecule is CC(C)Cn1c(SCC(=O)c2ccc(Br)cc2)nc2cc(Cl)ccc2c1=O. The number of carbonyl (C=O) groups is 1. The van der Waals surface area contributed by atoms with Gasteiger partial charge in [-0.15, -0.1) is 0 Å². The van der Waals surface area contributed by atoms with Gasteiger partial charge in [0.25, 0.3) is 5.56 Å². The maximum absolute atomic E-state index is 12.9. The van der Waals surface area contributed by atoms with Crippen molar-refractivity contribution in [3.8, 4) is 0 Å². The minimum atomic E-state index is -0.107. The Balaban J connectivity index is 1.95. The number of fused-ring (bicyclic) bond motifs is 1. The number of benzene rings is 2. The number of rotatable bonds is 6. The summed E-state index contributed by atoms with van der Waals surface area (Å²) in [6.07, 6.45) is 0. The van der Waals surface area contributed by atoms with Crippen molar-refractivity contribution in [3.05, 3.63) is 67.9 Å². The topological polar surface area (TPSA) is 52.0 Å². The van der Waals surface area contributed by atoms with E-state index in [9.17, 15) is 9.59 Å². The number of ketones is 1. The number of thioether (sulfide) groups is 1. The standard InChI is InChI=1S/C20H18BrClN2O2S/c1-12(2)10-24-19(26)16-8-7-15(22)9-17(16)23-20(24)27-11-18(25)13-3-5-14(21)6-4-13/h3-9,12H,10-11H2,1-2H3. The Morgan fingerprint density at radius 2 is 1.93 bits per heavy atom. The molecule has 0 spiro atoms. The van der Waals surface area contributed by atoms with Crippen LogP contribution in [0.3, 0.4) is 0 Å². The van der Waals surface area contributed by atoms with Gasteiger partial charge in [0.2, 0.25) is 0 Å². The summed E-state index contributed by atoms with van der Waals surface area (Å²) in [4.78, 5) is 30.0. The Hall–Kier alpha value is -1.63. The molecular weight excluding hydrogens is 448 g/mol. The first-order valence-corrected chi connectivity index (χ1v) is 10.6. The van der Waals surface area contributed by atoms with Gasteiger partial charge in [0.05, 0.1) is 16.7 Å². The van der Waals surface area contributed by atoms with Crippen LogP contribution in [0.25, 0.3) is 10.9 Å². The van der Waals surface area contributed by atoms with Crippen molar-refractivity contribution in [3.63, 3.8) is 0 Å². The molecule has 0 N–H and O–H groups in total. The van der Waals surface area contributed by atoms with Crippen LogP contribution in [-0.4, -0.2) is 21.1 Å². The average Bonchev–Trinajstić information content (AvgIpc) is 2.62. The Bertz CT molecular complexity index is 1050. The van der Waals surface area contributed by atoms with Gasteiger partial charge >= 0.3 is 0 Å². The van der Waals surface area contributed by atoms with Crippen molar-refractivity contribution >= 4 is 56.0 Å². The lowest BCUT2D eigenvalue weighted by Crippen LogP contribution is -2.25. The van der Waals surface area contributed by atoms with Gasteiger partial charge in [-0.1, -0.05) is 65.3 Å². The van der Waals surface area contributed by atoms with E-state index in [4.69, 9.17) is 11.6 Å². The predicted molar refractivity (Wildman–Crippen MR) is 115 cm³/mol. The number of halogens is 2. The summed E-state index contributed by atoms with van der Waals surface area (Å²) in [5.74, 6) is 0.470. The first-order valence-electron chi connectivity index (χ1n) is 8.47. The van der Waals surface area contributed by atoms with Gasteiger partial charge in [-0.3, -0.25) is 14.2 Å². The number of aromatic nitrogens is 2. The van der Waals surface area contributed by atoms with E-state index < -0.39 is 0 Å². The van der Waals surface area contributed by atoms with Gasteiger partial charge in [0.15, 0.2) is 10.9 Å². The molecule has 0 aliphatic rings. The monoisotopic (exact) mass is 464 g/mol. The van der Waals surface area contributed by atoms with Crippen molar-refractivity contribution in [2.75, 3.05) is 5.75 Å². The van der Waals surface area contributed by atoms with Crippen molar-refractivity contribution in [2.45, 2.75) is 25.5 Å². The molecule has 3 rings (SSSR count). The first-order chi connectivity index (χ1) is 12.8. The molecule has 2 aromatic carbocycles. The van der Waals surface area contributed by atoms with E-state index in [1.165, 1.54) is 11.8 Å². The second-order valence-corrected chi connectivity index (χ2v) is 8.88. The normalized spacial score (nSPS) is 11.3. The van der Waals surface area contributed by atoms with Crippen molar-refractivity contribution in [1.29, 1.82) is 0 Å². The van der Waals surface area contributed by atoms with E-state index in [1.807, 2.05) is 26.0 Å². The zero-order chi connectivity index (χ0) is 19.6. The molecule has 1 aromatic heterocycles. The van der Waals surface area contributed by atoms with Gasteiger partial charge in [-0.05, 0) is 36.2 Å². The van der Waals surface area contributed by atoms with Crippen LogP contribution in [0.1, 0.15) is 24.2 Å². The molecule has 3 aromatic rings. The Morgan fingerprint density at radius 3 is 2.59 bits per heavy atom. The van der Waals surface area contributed by atoms with Crippen LogP contribution in [-0.2, 0) is 6.54 Å². The van der Waals surface area contributed by atoms with Crippen molar-refractivity contribution < 1.29 is 4.79 Å². The second-order valence-electron chi connectivity index (χ2n) is 6.58. The number of nitrogens with zero attached hydrogens (tertiary/aromatic N) is 2. The summed E-state index contributed by atoms with van der Waals surface area (Å²) in [7, 11) is 0. The van der Waals surface area contributed by atoms with Crippen LogP contribution in [0, 0.1) is 5.92 Å². The van der Waals surface area contributed by atoms with Crippen LogP contribution >= 0.6 is 39.3 Å². The molecule has 4 nitrogen and oxygen atoms in total. The van der Waals surface area contributed by atoms with Gasteiger partial charge in [-0.25, -0.2) is 4.98 Å². The molecular formula is C20H18BrClN2O2S. The summed E-state index contributed by atoms with van der Waals surface area (Å²) >= 11 is 10.7. The lowest BCUT2D eigenvalue weighted by atomic mass is 10.2. The highest BCUT2D eigenvalue weighted by Gasteiger charge is 2.15. The van der Waals surface area contributed by atoms with Crippen molar-refractivity contribution in [1.82, 2.24) is 9.55 Å². The number of hydrogen-bond donors (Lipinski definition) is 0. The maximum atomic E-state index is 12.9. The van der Waals surface area contributed by atoms with E-state index in [1.54, 1.807) is 34.9 Å². The molecule has 7 heteroatoms. The average molecular weight is 466 g/mol. The first kappa shape index (κ1) is 20.1. The third kappa shape index (κ3) is 4.81. The maximum Gasteiger partial charge on any atom is 0.262 e. The van der Waals surface area contributed by atoms with E-state index in [0.29, 0.717) is 33.2 Å². The minimum Gasteiger partial charge on any atom is -0.293 e. The minimum absolute atomic E-state index is 0.0102. The number of carbonyl (C=O) groups excluding carboxylic acids is 1. The second kappa shape index (κ2) is 8.59. The van der Waals surface area contributed by atoms with Crippen LogP contribution in [0.15, 0.2) is 56.9 Å². The van der Waals surface area contributed by atoms with Crippen LogP contribution in [0.2, 0.25) is 5.02 Å². The highest BCUT2D eigenvalue weighted by Crippen LogP contribution is 2.22. The third-order valence-electron chi connectivity index (χ3n) is 3.93. The van der Waals surface area contributed by atoms with E-state index >= 15 is 0 Å². The van der Waals surface area contributed by atoms with E-state index in [2.05, 4.69) is 20.9 Å². The molecule has 0 aliphatic heterocycles. The smallest absolute Gasteiger partial charge is 0.262 e. The highest BCUT2D eigenvalue weighted by molar-refractivity contribution is 9.10. The van der Waals surface area contributed by atoms with Gasteiger partial charge in [0, 0.05) is 21.6 Å². The number of Topliss-reactive ketones (excluding diaryl/α,β-unsaturated/α-hetero) is 1. The molecule has 0 amide bonds. The molecule has 0 bridgehead atoms. The van der Waals surface area contributed by atoms with Crippen molar-refractivity contribution in [2.24, 2.45) is 5.92 Å². The molecule has 0 saturated carbocycles. The molecule has 0 unspecified atom stereocenters. The van der Waals surface area contributed by atoms with Gasteiger partial charge in [0.1, 0.15) is 0 Å². The highest BCUT2D eigenvalue weighted by atomic mass is 79.9. The largest absolute Gasteiger partial charge is 0.293 e. The Kier molecular flexibility index (Phi) is 6.40. The molecule has 0 aliphatic carbocycles. The fourth-order valence-electron chi connectivity index (χ4n) is 2.66.